The molecule has 0 atom stereocenters. The van der Waals surface area contributed by atoms with E-state index in [-0.39, 0.29) is 11.4 Å². The number of carbonyl (C=O) groups excluding carboxylic acids is 1. The highest BCUT2D eigenvalue weighted by Gasteiger charge is 2.17. The van der Waals surface area contributed by atoms with Gasteiger partial charge < -0.3 is 10.1 Å². The fourth-order valence-corrected chi connectivity index (χ4v) is 2.63. The molecule has 0 aliphatic rings. The molecule has 1 N–H and O–H groups in total. The van der Waals surface area contributed by atoms with Crippen molar-refractivity contribution in [3.05, 3.63) is 45.9 Å². The van der Waals surface area contributed by atoms with Gasteiger partial charge in [-0.05, 0) is 38.5 Å². The van der Waals surface area contributed by atoms with Crippen molar-refractivity contribution < 1.29 is 9.53 Å². The van der Waals surface area contributed by atoms with Gasteiger partial charge in [0.1, 0.15) is 11.4 Å². The molecular formula is C16H20N2O2S. The number of thiazole rings is 1. The highest BCUT2D eigenvalue weighted by atomic mass is 32.1. The number of carbonyl (C=O) groups is 1. The second kappa shape index (κ2) is 6.26. The Morgan fingerprint density at radius 2 is 1.95 bits per heavy atom. The van der Waals surface area contributed by atoms with Crippen molar-refractivity contribution >= 4 is 17.2 Å². The van der Waals surface area contributed by atoms with Crippen LogP contribution in [0.5, 0.6) is 5.75 Å². The molecule has 0 bridgehead atoms. The lowest BCUT2D eigenvalue weighted by Gasteiger charge is -2.19. The number of hydrogen-bond acceptors (Lipinski definition) is 4. The zero-order chi connectivity index (χ0) is 15.5. The number of amides is 1. The zero-order valence-corrected chi connectivity index (χ0v) is 13.6. The summed E-state index contributed by atoms with van der Waals surface area (Å²) in [5.74, 6) is 0.711. The van der Waals surface area contributed by atoms with Crippen LogP contribution in [0.25, 0.3) is 0 Å². The van der Waals surface area contributed by atoms with E-state index in [0.29, 0.717) is 5.69 Å². The maximum atomic E-state index is 12.0. The van der Waals surface area contributed by atoms with Gasteiger partial charge in [-0.15, -0.1) is 11.3 Å². The van der Waals surface area contributed by atoms with Gasteiger partial charge in [0.2, 0.25) is 0 Å². The van der Waals surface area contributed by atoms with E-state index in [2.05, 4.69) is 10.3 Å². The summed E-state index contributed by atoms with van der Waals surface area (Å²) in [6.45, 7) is 5.86. The summed E-state index contributed by atoms with van der Waals surface area (Å²) in [6.07, 6.45) is 0.720. The molecule has 4 nitrogen and oxygen atoms in total. The van der Waals surface area contributed by atoms with Gasteiger partial charge >= 0.3 is 0 Å². The number of benzene rings is 1. The average molecular weight is 304 g/mol. The fraction of sp³-hybridized carbons (Fsp3) is 0.375. The molecule has 0 radical (unpaired) electrons. The van der Waals surface area contributed by atoms with Crippen molar-refractivity contribution in [1.29, 1.82) is 0 Å². The molecule has 0 aliphatic heterocycles. The first kappa shape index (κ1) is 15.5. The number of rotatable bonds is 4. The quantitative estimate of drug-likeness (QED) is 0.943. The predicted octanol–water partition coefficient (Wildman–Crippen LogP) is 3.27. The van der Waals surface area contributed by atoms with Gasteiger partial charge in [-0.25, -0.2) is 4.98 Å². The Labute approximate surface area is 129 Å². The molecule has 1 aromatic carbocycles. The molecule has 1 amide bonds. The molecule has 1 aromatic heterocycles. The van der Waals surface area contributed by atoms with Crippen molar-refractivity contribution in [2.75, 3.05) is 7.11 Å². The first-order chi connectivity index (χ1) is 9.87. The molecule has 5 heteroatoms. The Kier molecular flexibility index (Phi) is 4.63. The molecular weight excluding hydrogens is 284 g/mol. The molecule has 0 unspecified atom stereocenters. The number of methoxy groups -OCH3 is 1. The third-order valence-electron chi connectivity index (χ3n) is 2.79. The lowest BCUT2D eigenvalue weighted by Crippen LogP contribution is -2.40. The van der Waals surface area contributed by atoms with Crippen molar-refractivity contribution in [2.24, 2.45) is 0 Å². The minimum atomic E-state index is -0.253. The van der Waals surface area contributed by atoms with E-state index in [9.17, 15) is 4.79 Å². The monoisotopic (exact) mass is 304 g/mol. The van der Waals surface area contributed by atoms with E-state index in [1.165, 1.54) is 11.3 Å². The van der Waals surface area contributed by atoms with Gasteiger partial charge in [-0.1, -0.05) is 12.1 Å². The molecule has 2 aromatic rings. The molecule has 0 saturated carbocycles. The summed E-state index contributed by atoms with van der Waals surface area (Å²) in [6, 6.07) is 7.87. The van der Waals surface area contributed by atoms with Crippen LogP contribution in [0.1, 0.15) is 41.8 Å². The molecule has 21 heavy (non-hydrogen) atoms. The van der Waals surface area contributed by atoms with E-state index < -0.39 is 0 Å². The average Bonchev–Trinajstić information content (AvgIpc) is 2.86. The van der Waals surface area contributed by atoms with Crippen molar-refractivity contribution in [3.63, 3.8) is 0 Å². The molecule has 2 rings (SSSR count). The molecule has 0 fully saturated rings. The normalized spacial score (nSPS) is 11.2. The Morgan fingerprint density at radius 1 is 1.29 bits per heavy atom. The smallest absolute Gasteiger partial charge is 0.271 e. The number of ether oxygens (including phenoxy) is 1. The fourth-order valence-electron chi connectivity index (χ4n) is 1.82. The van der Waals surface area contributed by atoms with Crippen LogP contribution in [0.15, 0.2) is 29.6 Å². The standard InChI is InChI=1S/C16H20N2O2S/c1-16(2,3)18-15(19)13-10-21-14(17-13)9-11-5-7-12(20-4)8-6-11/h5-8,10H,9H2,1-4H3,(H,18,19). The third-order valence-corrected chi connectivity index (χ3v) is 3.64. The van der Waals surface area contributed by atoms with Crippen LogP contribution in [-0.2, 0) is 6.42 Å². The lowest BCUT2D eigenvalue weighted by molar-refractivity contribution is 0.0915. The van der Waals surface area contributed by atoms with Gasteiger partial charge in [-0.3, -0.25) is 4.79 Å². The number of nitrogens with one attached hydrogen (secondary N) is 1. The summed E-state index contributed by atoms with van der Waals surface area (Å²) in [4.78, 5) is 16.4. The maximum Gasteiger partial charge on any atom is 0.271 e. The van der Waals surface area contributed by atoms with Crippen molar-refractivity contribution in [3.8, 4) is 5.75 Å². The second-order valence-corrected chi connectivity index (χ2v) is 6.80. The number of hydrogen-bond donors (Lipinski definition) is 1. The topological polar surface area (TPSA) is 51.2 Å². The van der Waals surface area contributed by atoms with Crippen LogP contribution in [0.4, 0.5) is 0 Å². The Hall–Kier alpha value is -1.88. The predicted molar refractivity (Wildman–Crippen MR) is 85.1 cm³/mol. The van der Waals surface area contributed by atoms with E-state index in [4.69, 9.17) is 4.74 Å². The Bertz CT molecular complexity index is 612. The molecule has 112 valence electrons. The first-order valence-electron chi connectivity index (χ1n) is 6.77. The Morgan fingerprint density at radius 3 is 2.52 bits per heavy atom. The minimum absolute atomic E-state index is 0.125. The molecule has 1 heterocycles. The van der Waals surface area contributed by atoms with E-state index >= 15 is 0 Å². The minimum Gasteiger partial charge on any atom is -0.497 e. The van der Waals surface area contributed by atoms with Crippen LogP contribution < -0.4 is 10.1 Å². The van der Waals surface area contributed by atoms with Crippen LogP contribution in [-0.4, -0.2) is 23.5 Å². The zero-order valence-electron chi connectivity index (χ0n) is 12.8. The highest BCUT2D eigenvalue weighted by Crippen LogP contribution is 2.18. The summed E-state index contributed by atoms with van der Waals surface area (Å²) in [5, 5.41) is 5.65. The maximum absolute atomic E-state index is 12.0. The van der Waals surface area contributed by atoms with E-state index in [1.807, 2.05) is 45.0 Å². The van der Waals surface area contributed by atoms with Crippen LogP contribution in [0.2, 0.25) is 0 Å². The van der Waals surface area contributed by atoms with Crippen LogP contribution in [0, 0.1) is 0 Å². The Balaban J connectivity index is 2.04. The second-order valence-electron chi connectivity index (χ2n) is 5.86. The molecule has 0 saturated heterocycles. The van der Waals surface area contributed by atoms with E-state index in [0.717, 1.165) is 22.7 Å². The molecule has 0 spiro atoms. The largest absolute Gasteiger partial charge is 0.497 e. The van der Waals surface area contributed by atoms with Gasteiger partial charge in [0.15, 0.2) is 0 Å². The summed E-state index contributed by atoms with van der Waals surface area (Å²) in [5.41, 5.74) is 1.38. The summed E-state index contributed by atoms with van der Waals surface area (Å²) in [7, 11) is 1.65. The third kappa shape index (κ3) is 4.56. The van der Waals surface area contributed by atoms with Gasteiger partial charge in [0.25, 0.3) is 5.91 Å². The van der Waals surface area contributed by atoms with Crippen LogP contribution in [0.3, 0.4) is 0 Å². The van der Waals surface area contributed by atoms with Gasteiger partial charge in [0.05, 0.1) is 12.1 Å². The number of aromatic nitrogens is 1. The van der Waals surface area contributed by atoms with Gasteiger partial charge in [0, 0.05) is 17.3 Å². The van der Waals surface area contributed by atoms with Crippen molar-refractivity contribution in [2.45, 2.75) is 32.7 Å². The summed E-state index contributed by atoms with van der Waals surface area (Å²) < 4.78 is 5.14. The van der Waals surface area contributed by atoms with E-state index in [1.54, 1.807) is 12.5 Å². The van der Waals surface area contributed by atoms with Crippen LogP contribution >= 0.6 is 11.3 Å². The summed E-state index contributed by atoms with van der Waals surface area (Å²) >= 11 is 1.51. The van der Waals surface area contributed by atoms with Crippen molar-refractivity contribution in [1.82, 2.24) is 10.3 Å². The lowest BCUT2D eigenvalue weighted by atomic mass is 10.1. The number of nitrogens with zero attached hydrogens (tertiary/aromatic N) is 1. The van der Waals surface area contributed by atoms with Gasteiger partial charge in [-0.2, -0.15) is 0 Å². The first-order valence-corrected chi connectivity index (χ1v) is 7.65. The highest BCUT2D eigenvalue weighted by molar-refractivity contribution is 7.09. The molecule has 0 aliphatic carbocycles. The SMILES string of the molecule is COc1ccc(Cc2nc(C(=O)NC(C)(C)C)cs2)cc1.